The number of carbonyl (C=O) groups is 2. The van der Waals surface area contributed by atoms with Gasteiger partial charge in [-0.3, -0.25) is 14.6 Å². The van der Waals surface area contributed by atoms with Gasteiger partial charge in [-0.2, -0.15) is 10.1 Å². The molecular weight excluding hydrogens is 436 g/mol. The van der Waals surface area contributed by atoms with Gasteiger partial charge in [0.2, 0.25) is 11.7 Å². The molecule has 32 heavy (non-hydrogen) atoms. The largest absolute Gasteiger partial charge is 0.494 e. The summed E-state index contributed by atoms with van der Waals surface area (Å²) in [5, 5.41) is 14.0. The van der Waals surface area contributed by atoms with E-state index < -0.39 is 23.9 Å². The van der Waals surface area contributed by atoms with Crippen molar-refractivity contribution in [2.24, 2.45) is 10.3 Å². The van der Waals surface area contributed by atoms with E-state index in [4.69, 9.17) is 20.9 Å². The Bertz CT molecular complexity index is 1190. The van der Waals surface area contributed by atoms with Crippen molar-refractivity contribution in [3.8, 4) is 17.1 Å². The Kier molecular flexibility index (Phi) is 5.06. The van der Waals surface area contributed by atoms with Crippen LogP contribution in [0.1, 0.15) is 12.8 Å². The maximum atomic E-state index is 13.1. The lowest BCUT2D eigenvalue weighted by Gasteiger charge is -2.19. The van der Waals surface area contributed by atoms with E-state index in [1.807, 2.05) is 6.92 Å². The number of ether oxygens (including phenoxy) is 1. The molecule has 2 aliphatic heterocycles. The quantitative estimate of drug-likeness (QED) is 0.527. The summed E-state index contributed by atoms with van der Waals surface area (Å²) in [6, 6.07) is 12.0. The first kappa shape index (κ1) is 20.1. The van der Waals surface area contributed by atoms with Gasteiger partial charge in [-0.25, -0.2) is 4.90 Å². The van der Waals surface area contributed by atoms with Crippen molar-refractivity contribution in [2.45, 2.75) is 25.6 Å². The molecule has 0 spiro atoms. The van der Waals surface area contributed by atoms with Crippen molar-refractivity contribution in [2.75, 3.05) is 11.5 Å². The predicted molar refractivity (Wildman–Crippen MR) is 113 cm³/mol. The molecule has 10 nitrogen and oxygen atoms in total. The Morgan fingerprint density at radius 1 is 1.06 bits per heavy atom. The molecule has 1 aromatic heterocycles. The number of hydrogen-bond donors (Lipinski definition) is 0. The molecule has 3 heterocycles. The number of anilines is 1. The molecule has 5 rings (SSSR count). The smallest absolute Gasteiger partial charge is 0.263 e. The minimum Gasteiger partial charge on any atom is -0.494 e. The number of amides is 2. The fraction of sp³-hybridized carbons (Fsp3) is 0.238. The molecule has 1 fully saturated rings. The molecule has 2 aromatic carbocycles. The summed E-state index contributed by atoms with van der Waals surface area (Å²) in [7, 11) is 0. The molecule has 0 saturated carbocycles. The first-order chi connectivity index (χ1) is 15.5. The van der Waals surface area contributed by atoms with Crippen LogP contribution in [-0.4, -0.2) is 45.7 Å². The first-order valence-corrected chi connectivity index (χ1v) is 10.3. The molecule has 2 aliphatic rings. The van der Waals surface area contributed by atoms with Crippen molar-refractivity contribution in [1.29, 1.82) is 0 Å². The van der Waals surface area contributed by atoms with Crippen LogP contribution in [0.5, 0.6) is 5.75 Å². The highest BCUT2D eigenvalue weighted by Gasteiger charge is 2.55. The topological polar surface area (TPSA) is 113 Å². The lowest BCUT2D eigenvalue weighted by atomic mass is 10.1. The maximum Gasteiger partial charge on any atom is 0.263 e. The molecule has 3 aromatic rings. The Labute approximate surface area is 187 Å². The van der Waals surface area contributed by atoms with E-state index in [2.05, 4.69) is 20.5 Å². The van der Waals surface area contributed by atoms with Gasteiger partial charge in [0.25, 0.3) is 11.8 Å². The van der Waals surface area contributed by atoms with Gasteiger partial charge in [0, 0.05) is 10.6 Å². The number of nitrogens with zero attached hydrogens (tertiary/aromatic N) is 6. The molecule has 0 unspecified atom stereocenters. The summed E-state index contributed by atoms with van der Waals surface area (Å²) in [4.78, 5) is 31.4. The van der Waals surface area contributed by atoms with Crippen molar-refractivity contribution < 1.29 is 18.8 Å². The Morgan fingerprint density at radius 2 is 1.81 bits per heavy atom. The average Bonchev–Trinajstić information content (AvgIpc) is 3.48. The van der Waals surface area contributed by atoms with E-state index in [0.717, 1.165) is 10.5 Å². The predicted octanol–water partition coefficient (Wildman–Crippen LogP) is 3.28. The first-order valence-electron chi connectivity index (χ1n) is 9.92. The Morgan fingerprint density at radius 3 is 2.53 bits per heavy atom. The third-order valence-corrected chi connectivity index (χ3v) is 5.38. The van der Waals surface area contributed by atoms with Gasteiger partial charge < -0.3 is 9.26 Å². The number of hydrogen-bond acceptors (Lipinski definition) is 9. The van der Waals surface area contributed by atoms with Gasteiger partial charge in [0.05, 0.1) is 12.3 Å². The van der Waals surface area contributed by atoms with Crippen molar-refractivity contribution >= 4 is 29.1 Å². The van der Waals surface area contributed by atoms with Gasteiger partial charge in [0.15, 0.2) is 12.1 Å². The highest BCUT2D eigenvalue weighted by Crippen LogP contribution is 2.33. The molecule has 0 N–H and O–H groups in total. The number of halogens is 1. The number of aromatic nitrogens is 2. The lowest BCUT2D eigenvalue weighted by Crippen LogP contribution is -2.39. The summed E-state index contributed by atoms with van der Waals surface area (Å²) in [6.45, 7) is 2.45. The van der Waals surface area contributed by atoms with E-state index in [0.29, 0.717) is 28.9 Å². The van der Waals surface area contributed by atoms with Crippen LogP contribution in [0.4, 0.5) is 5.69 Å². The molecule has 2 atom stereocenters. The zero-order valence-corrected chi connectivity index (χ0v) is 17.6. The van der Waals surface area contributed by atoms with Crippen LogP contribution in [0.25, 0.3) is 11.4 Å². The van der Waals surface area contributed by atoms with Crippen LogP contribution in [0.15, 0.2) is 63.4 Å². The monoisotopic (exact) mass is 452 g/mol. The number of benzene rings is 2. The normalized spacial score (nSPS) is 19.7. The van der Waals surface area contributed by atoms with E-state index in [-0.39, 0.29) is 12.4 Å². The maximum absolute atomic E-state index is 13.1. The highest BCUT2D eigenvalue weighted by atomic mass is 35.5. The highest BCUT2D eigenvalue weighted by molar-refractivity contribution is 6.30. The minimum absolute atomic E-state index is 0.0430. The minimum atomic E-state index is -0.910. The van der Waals surface area contributed by atoms with E-state index >= 15 is 0 Å². The van der Waals surface area contributed by atoms with Crippen LogP contribution >= 0.6 is 11.6 Å². The number of fused-ring (bicyclic) bond motifs is 1. The molecule has 0 bridgehead atoms. The van der Waals surface area contributed by atoms with E-state index in [1.165, 1.54) is 5.01 Å². The molecular formula is C21H17ClN6O4. The molecule has 162 valence electrons. The molecule has 0 aliphatic carbocycles. The van der Waals surface area contributed by atoms with Gasteiger partial charge in [-0.1, -0.05) is 22.0 Å². The van der Waals surface area contributed by atoms with Crippen molar-refractivity contribution in [3.63, 3.8) is 0 Å². The number of carbonyl (C=O) groups excluding carboxylic acids is 2. The van der Waals surface area contributed by atoms with Gasteiger partial charge in [0.1, 0.15) is 12.3 Å². The second-order valence-electron chi connectivity index (χ2n) is 7.15. The second-order valence-corrected chi connectivity index (χ2v) is 7.59. The molecule has 2 amide bonds. The molecule has 11 heteroatoms. The summed E-state index contributed by atoms with van der Waals surface area (Å²) in [5.41, 5.74) is 1.19. The number of rotatable bonds is 6. The third-order valence-electron chi connectivity index (χ3n) is 5.13. The van der Waals surface area contributed by atoms with Crippen molar-refractivity contribution in [1.82, 2.24) is 15.1 Å². The average molecular weight is 453 g/mol. The van der Waals surface area contributed by atoms with Gasteiger partial charge in [-0.15, -0.1) is 0 Å². The van der Waals surface area contributed by atoms with Gasteiger partial charge >= 0.3 is 0 Å². The summed E-state index contributed by atoms with van der Waals surface area (Å²) in [6.07, 6.45) is 0. The van der Waals surface area contributed by atoms with E-state index in [9.17, 15) is 9.59 Å². The van der Waals surface area contributed by atoms with E-state index in [1.54, 1.807) is 48.5 Å². The fourth-order valence-electron chi connectivity index (χ4n) is 3.64. The van der Waals surface area contributed by atoms with Crippen LogP contribution in [-0.2, 0) is 16.1 Å². The summed E-state index contributed by atoms with van der Waals surface area (Å²) >= 11 is 5.91. The number of imide groups is 1. The Hall–Kier alpha value is -3.79. The standard InChI is InChI=1S/C21H17ClN6O4/c1-2-31-15-9-7-14(8-10-15)28-20(29)17-18(21(28)30)27(26-24-17)11-16-23-19(25-32-16)12-3-5-13(22)6-4-12/h3-10,17-18H,2,11H2,1H3/t17-,18-/m1/s1. The molecule has 1 saturated heterocycles. The van der Waals surface area contributed by atoms with Crippen molar-refractivity contribution in [3.05, 3.63) is 59.4 Å². The fourth-order valence-corrected chi connectivity index (χ4v) is 3.77. The summed E-state index contributed by atoms with van der Waals surface area (Å²) in [5.74, 6) is 0.447. The zero-order chi connectivity index (χ0) is 22.2. The van der Waals surface area contributed by atoms with Crippen LogP contribution in [0.3, 0.4) is 0 Å². The lowest BCUT2D eigenvalue weighted by molar-refractivity contribution is -0.123. The molecule has 0 radical (unpaired) electrons. The summed E-state index contributed by atoms with van der Waals surface area (Å²) < 4.78 is 10.7. The zero-order valence-electron chi connectivity index (χ0n) is 16.9. The van der Waals surface area contributed by atoms with Gasteiger partial charge in [-0.05, 0) is 55.5 Å². The second kappa shape index (κ2) is 8.04. The Balaban J connectivity index is 1.33. The van der Waals surface area contributed by atoms with Crippen LogP contribution in [0.2, 0.25) is 5.02 Å². The SMILES string of the molecule is CCOc1ccc(N2C(=O)[C@@H]3N=NN(Cc4nc(-c5ccc(Cl)cc5)no4)[C@H]3C2=O)cc1. The van der Waals surface area contributed by atoms with Crippen LogP contribution < -0.4 is 9.64 Å². The third kappa shape index (κ3) is 3.48. The van der Waals surface area contributed by atoms with Crippen LogP contribution in [0, 0.1) is 0 Å².